The highest BCUT2D eigenvalue weighted by Crippen LogP contribution is 2.36. The zero-order valence-corrected chi connectivity index (χ0v) is 11.9. The molecule has 1 aromatic carbocycles. The van der Waals surface area contributed by atoms with E-state index in [4.69, 9.17) is 0 Å². The Hall–Kier alpha value is -0.860. The van der Waals surface area contributed by atoms with Gasteiger partial charge in [-0.3, -0.25) is 0 Å². The summed E-state index contributed by atoms with van der Waals surface area (Å²) in [7, 11) is 0. The fraction of sp³-hybridized carbons (Fsp3) is 0.467. The van der Waals surface area contributed by atoms with Gasteiger partial charge < -0.3 is 5.32 Å². The van der Waals surface area contributed by atoms with Crippen molar-refractivity contribution in [3.05, 3.63) is 34.2 Å². The molecule has 0 spiro atoms. The highest BCUT2D eigenvalue weighted by molar-refractivity contribution is 7.19. The first-order valence-electron chi connectivity index (χ1n) is 6.37. The fourth-order valence-electron chi connectivity index (χ4n) is 2.27. The molecule has 1 aromatic heterocycles. The van der Waals surface area contributed by atoms with Gasteiger partial charge in [-0.25, -0.2) is 0 Å². The van der Waals surface area contributed by atoms with Crippen LogP contribution in [0.2, 0.25) is 0 Å². The van der Waals surface area contributed by atoms with Crippen molar-refractivity contribution in [3.8, 4) is 0 Å². The molecule has 2 heteroatoms. The normalized spacial score (nSPS) is 13.2. The van der Waals surface area contributed by atoms with E-state index < -0.39 is 0 Å². The summed E-state index contributed by atoms with van der Waals surface area (Å²) in [4.78, 5) is 1.49. The average molecular weight is 247 g/mol. The van der Waals surface area contributed by atoms with Crippen molar-refractivity contribution in [3.63, 3.8) is 0 Å². The zero-order valence-electron chi connectivity index (χ0n) is 11.1. The fourth-order valence-corrected chi connectivity index (χ4v) is 3.57. The third-order valence-electron chi connectivity index (χ3n) is 3.29. The van der Waals surface area contributed by atoms with E-state index in [0.717, 1.165) is 6.54 Å². The van der Waals surface area contributed by atoms with Gasteiger partial charge in [0, 0.05) is 15.6 Å². The molecule has 1 heterocycles. The van der Waals surface area contributed by atoms with Crippen LogP contribution in [0.1, 0.15) is 42.3 Å². The van der Waals surface area contributed by atoms with E-state index in [0.29, 0.717) is 6.04 Å². The summed E-state index contributed by atoms with van der Waals surface area (Å²) < 4.78 is 1.45. The smallest absolute Gasteiger partial charge is 0.0389 e. The molecule has 0 saturated carbocycles. The predicted molar refractivity (Wildman–Crippen MR) is 78.0 cm³/mol. The van der Waals surface area contributed by atoms with Crippen molar-refractivity contribution >= 4 is 21.4 Å². The first kappa shape index (κ1) is 12.6. The maximum atomic E-state index is 3.58. The molecule has 0 aliphatic carbocycles. The van der Waals surface area contributed by atoms with Gasteiger partial charge in [0.25, 0.3) is 0 Å². The summed E-state index contributed by atoms with van der Waals surface area (Å²) >= 11 is 1.95. The lowest BCUT2D eigenvalue weighted by molar-refractivity contribution is 0.576. The first-order valence-corrected chi connectivity index (χ1v) is 7.18. The molecule has 92 valence electrons. The van der Waals surface area contributed by atoms with Crippen LogP contribution in [-0.2, 0) is 0 Å². The zero-order chi connectivity index (χ0) is 12.4. The first-order chi connectivity index (χ1) is 8.15. The molecule has 1 unspecified atom stereocenters. The van der Waals surface area contributed by atoms with E-state index >= 15 is 0 Å². The van der Waals surface area contributed by atoms with Crippen LogP contribution >= 0.6 is 11.3 Å². The Morgan fingerprint density at radius 2 is 2.06 bits per heavy atom. The summed E-state index contributed by atoms with van der Waals surface area (Å²) in [6.45, 7) is 10.0. The van der Waals surface area contributed by atoms with Gasteiger partial charge in [0.1, 0.15) is 0 Å². The van der Waals surface area contributed by atoms with Gasteiger partial charge in [-0.15, -0.1) is 11.3 Å². The van der Waals surface area contributed by atoms with Crippen LogP contribution in [-0.4, -0.2) is 6.54 Å². The SMILES string of the molecule is CCCNC(C)c1sc2c(C)cccc2c1C. The van der Waals surface area contributed by atoms with Gasteiger partial charge in [0.2, 0.25) is 0 Å². The number of nitrogens with one attached hydrogen (secondary N) is 1. The molecule has 1 nitrogen and oxygen atoms in total. The molecule has 0 amide bonds. The Kier molecular flexibility index (Phi) is 3.85. The summed E-state index contributed by atoms with van der Waals surface area (Å²) in [5.74, 6) is 0. The van der Waals surface area contributed by atoms with Gasteiger partial charge in [-0.1, -0.05) is 25.1 Å². The number of hydrogen-bond acceptors (Lipinski definition) is 2. The van der Waals surface area contributed by atoms with Gasteiger partial charge in [-0.2, -0.15) is 0 Å². The molecule has 2 aromatic rings. The van der Waals surface area contributed by atoms with Crippen LogP contribution in [0.3, 0.4) is 0 Å². The highest BCUT2D eigenvalue weighted by atomic mass is 32.1. The van der Waals surface area contributed by atoms with Gasteiger partial charge in [0.15, 0.2) is 0 Å². The summed E-state index contributed by atoms with van der Waals surface area (Å²) in [6, 6.07) is 7.06. The lowest BCUT2D eigenvalue weighted by atomic mass is 10.1. The lowest BCUT2D eigenvalue weighted by Gasteiger charge is -2.12. The van der Waals surface area contributed by atoms with Gasteiger partial charge in [-0.05, 0) is 50.2 Å². The van der Waals surface area contributed by atoms with E-state index in [9.17, 15) is 0 Å². The maximum absolute atomic E-state index is 3.58. The van der Waals surface area contributed by atoms with Crippen molar-refractivity contribution in [2.24, 2.45) is 0 Å². The summed E-state index contributed by atoms with van der Waals surface area (Å²) in [6.07, 6.45) is 1.19. The van der Waals surface area contributed by atoms with Crippen LogP contribution in [0.15, 0.2) is 18.2 Å². The average Bonchev–Trinajstić information content (AvgIpc) is 2.66. The minimum atomic E-state index is 0.465. The van der Waals surface area contributed by atoms with Crippen molar-refractivity contribution in [2.45, 2.75) is 40.2 Å². The second-order valence-electron chi connectivity index (χ2n) is 4.72. The molecular weight excluding hydrogens is 226 g/mol. The number of aryl methyl sites for hydroxylation is 2. The topological polar surface area (TPSA) is 12.0 Å². The standard InChI is InChI=1S/C15H21NS/c1-5-9-16-12(4)15-11(3)13-8-6-7-10(2)14(13)17-15/h6-8,12,16H,5,9H2,1-4H3. The largest absolute Gasteiger partial charge is 0.309 e. The van der Waals surface area contributed by atoms with Crippen LogP contribution in [0.5, 0.6) is 0 Å². The number of hydrogen-bond donors (Lipinski definition) is 1. The second-order valence-corrected chi connectivity index (χ2v) is 5.77. The predicted octanol–water partition coefficient (Wildman–Crippen LogP) is 4.58. The number of benzene rings is 1. The Morgan fingerprint density at radius 1 is 1.29 bits per heavy atom. The van der Waals surface area contributed by atoms with Crippen molar-refractivity contribution in [1.29, 1.82) is 0 Å². The van der Waals surface area contributed by atoms with Crippen LogP contribution in [0, 0.1) is 13.8 Å². The van der Waals surface area contributed by atoms with Gasteiger partial charge >= 0.3 is 0 Å². The number of fused-ring (bicyclic) bond motifs is 1. The summed E-state index contributed by atoms with van der Waals surface area (Å²) in [5, 5.41) is 5.01. The molecule has 0 aliphatic rings. The Balaban J connectivity index is 2.41. The number of thiophene rings is 1. The van der Waals surface area contributed by atoms with E-state index in [-0.39, 0.29) is 0 Å². The minimum Gasteiger partial charge on any atom is -0.309 e. The van der Waals surface area contributed by atoms with E-state index in [1.165, 1.54) is 32.5 Å². The second kappa shape index (κ2) is 5.19. The molecule has 2 rings (SSSR count). The van der Waals surface area contributed by atoms with Crippen LogP contribution < -0.4 is 5.32 Å². The van der Waals surface area contributed by atoms with Crippen molar-refractivity contribution < 1.29 is 0 Å². The van der Waals surface area contributed by atoms with E-state index in [1.807, 2.05) is 11.3 Å². The Morgan fingerprint density at radius 3 is 2.71 bits per heavy atom. The molecule has 0 aliphatic heterocycles. The molecular formula is C15H21NS. The van der Waals surface area contributed by atoms with Crippen molar-refractivity contribution in [2.75, 3.05) is 6.54 Å². The van der Waals surface area contributed by atoms with Gasteiger partial charge in [0.05, 0.1) is 0 Å². The Bertz CT molecular complexity index is 513. The molecule has 17 heavy (non-hydrogen) atoms. The highest BCUT2D eigenvalue weighted by Gasteiger charge is 2.14. The molecule has 0 radical (unpaired) electrons. The third kappa shape index (κ3) is 2.38. The molecule has 0 fully saturated rings. The van der Waals surface area contributed by atoms with Crippen LogP contribution in [0.4, 0.5) is 0 Å². The molecule has 0 saturated heterocycles. The van der Waals surface area contributed by atoms with E-state index in [1.54, 1.807) is 0 Å². The molecule has 1 N–H and O–H groups in total. The lowest BCUT2D eigenvalue weighted by Crippen LogP contribution is -2.18. The Labute approximate surface area is 108 Å². The minimum absolute atomic E-state index is 0.465. The van der Waals surface area contributed by atoms with E-state index in [2.05, 4.69) is 51.2 Å². The molecule has 1 atom stereocenters. The van der Waals surface area contributed by atoms with Crippen LogP contribution in [0.25, 0.3) is 10.1 Å². The molecule has 0 bridgehead atoms. The third-order valence-corrected chi connectivity index (χ3v) is 4.92. The van der Waals surface area contributed by atoms with Crippen molar-refractivity contribution in [1.82, 2.24) is 5.32 Å². The maximum Gasteiger partial charge on any atom is 0.0389 e. The quantitative estimate of drug-likeness (QED) is 0.834. The monoisotopic (exact) mass is 247 g/mol. The summed E-state index contributed by atoms with van der Waals surface area (Å²) in [5.41, 5.74) is 2.84. The number of rotatable bonds is 4.